The van der Waals surface area contributed by atoms with Gasteiger partial charge in [-0.3, -0.25) is 4.79 Å². The van der Waals surface area contributed by atoms with Crippen LogP contribution in [0.3, 0.4) is 0 Å². The van der Waals surface area contributed by atoms with E-state index in [1.165, 1.54) is 17.3 Å². The Morgan fingerprint density at radius 1 is 1.15 bits per heavy atom. The van der Waals surface area contributed by atoms with Crippen LogP contribution in [-0.4, -0.2) is 11.7 Å². The number of amides is 1. The van der Waals surface area contributed by atoms with Gasteiger partial charge in [-0.05, 0) is 49.7 Å². The summed E-state index contributed by atoms with van der Waals surface area (Å²) in [5, 5.41) is 2.88. The SMILES string of the molecule is Cc1ccc(NC(=O)CSc2ccc(N)c(C)c2)cc1. The lowest BCUT2D eigenvalue weighted by Gasteiger charge is -2.07. The van der Waals surface area contributed by atoms with Gasteiger partial charge in [-0.1, -0.05) is 17.7 Å². The summed E-state index contributed by atoms with van der Waals surface area (Å²) in [7, 11) is 0. The van der Waals surface area contributed by atoms with E-state index < -0.39 is 0 Å². The summed E-state index contributed by atoms with van der Waals surface area (Å²) in [5.41, 5.74) is 9.59. The summed E-state index contributed by atoms with van der Waals surface area (Å²) in [6.07, 6.45) is 0. The van der Waals surface area contributed by atoms with Crippen molar-refractivity contribution in [3.63, 3.8) is 0 Å². The first-order valence-corrected chi connectivity index (χ1v) is 7.38. The summed E-state index contributed by atoms with van der Waals surface area (Å²) < 4.78 is 0. The van der Waals surface area contributed by atoms with Crippen molar-refractivity contribution in [2.75, 3.05) is 16.8 Å². The van der Waals surface area contributed by atoms with Crippen molar-refractivity contribution in [1.29, 1.82) is 0 Å². The number of anilines is 2. The van der Waals surface area contributed by atoms with Gasteiger partial charge in [0.1, 0.15) is 0 Å². The average Bonchev–Trinajstić information content (AvgIpc) is 2.43. The molecule has 0 aliphatic rings. The monoisotopic (exact) mass is 286 g/mol. The quantitative estimate of drug-likeness (QED) is 0.667. The molecule has 0 bridgehead atoms. The highest BCUT2D eigenvalue weighted by Gasteiger charge is 2.04. The first-order chi connectivity index (χ1) is 9.54. The molecule has 0 spiro atoms. The zero-order chi connectivity index (χ0) is 14.5. The second-order valence-corrected chi connectivity index (χ2v) is 5.77. The van der Waals surface area contributed by atoms with Crippen LogP contribution in [0.1, 0.15) is 11.1 Å². The molecule has 0 fully saturated rings. The molecular weight excluding hydrogens is 268 g/mol. The zero-order valence-corrected chi connectivity index (χ0v) is 12.5. The maximum Gasteiger partial charge on any atom is 0.234 e. The van der Waals surface area contributed by atoms with Gasteiger partial charge in [-0.25, -0.2) is 0 Å². The van der Waals surface area contributed by atoms with Crippen LogP contribution in [0.5, 0.6) is 0 Å². The van der Waals surface area contributed by atoms with Gasteiger partial charge >= 0.3 is 0 Å². The lowest BCUT2D eigenvalue weighted by molar-refractivity contribution is -0.113. The number of nitrogens with two attached hydrogens (primary N) is 1. The standard InChI is InChI=1S/C16H18N2OS/c1-11-3-5-13(6-4-11)18-16(19)10-20-14-7-8-15(17)12(2)9-14/h3-9H,10,17H2,1-2H3,(H,18,19). The normalized spacial score (nSPS) is 10.3. The van der Waals surface area contributed by atoms with Crippen molar-refractivity contribution in [3.8, 4) is 0 Å². The van der Waals surface area contributed by atoms with E-state index in [0.717, 1.165) is 21.8 Å². The molecular formula is C16H18N2OS. The summed E-state index contributed by atoms with van der Waals surface area (Å²) in [5.74, 6) is 0.380. The van der Waals surface area contributed by atoms with Gasteiger partial charge in [0, 0.05) is 16.3 Å². The molecule has 0 unspecified atom stereocenters. The summed E-state index contributed by atoms with van der Waals surface area (Å²) in [6.45, 7) is 3.98. The van der Waals surface area contributed by atoms with Crippen LogP contribution in [0, 0.1) is 13.8 Å². The van der Waals surface area contributed by atoms with Crippen LogP contribution in [-0.2, 0) is 4.79 Å². The minimum Gasteiger partial charge on any atom is -0.399 e. The number of rotatable bonds is 4. The maximum atomic E-state index is 11.9. The van der Waals surface area contributed by atoms with Crippen LogP contribution in [0.15, 0.2) is 47.4 Å². The Balaban J connectivity index is 1.88. The van der Waals surface area contributed by atoms with Crippen LogP contribution in [0.4, 0.5) is 11.4 Å². The molecule has 1 amide bonds. The molecule has 20 heavy (non-hydrogen) atoms. The first kappa shape index (κ1) is 14.5. The lowest BCUT2D eigenvalue weighted by Crippen LogP contribution is -2.13. The van der Waals surface area contributed by atoms with Crippen molar-refractivity contribution >= 4 is 29.0 Å². The molecule has 0 radical (unpaired) electrons. The number of nitrogens with one attached hydrogen (secondary N) is 1. The molecule has 0 heterocycles. The molecule has 3 N–H and O–H groups in total. The third kappa shape index (κ3) is 4.03. The number of hydrogen-bond acceptors (Lipinski definition) is 3. The number of carbonyl (C=O) groups excluding carboxylic acids is 1. The maximum absolute atomic E-state index is 11.9. The van der Waals surface area contributed by atoms with E-state index >= 15 is 0 Å². The second-order valence-electron chi connectivity index (χ2n) is 4.72. The van der Waals surface area contributed by atoms with E-state index in [4.69, 9.17) is 5.73 Å². The van der Waals surface area contributed by atoms with Crippen molar-refractivity contribution < 1.29 is 4.79 Å². The molecule has 0 aliphatic heterocycles. The Morgan fingerprint density at radius 2 is 1.85 bits per heavy atom. The fourth-order valence-electron chi connectivity index (χ4n) is 1.72. The van der Waals surface area contributed by atoms with E-state index in [-0.39, 0.29) is 5.91 Å². The minimum atomic E-state index is -0.00617. The molecule has 2 rings (SSSR count). The molecule has 0 saturated heterocycles. The summed E-state index contributed by atoms with van der Waals surface area (Å²) in [6, 6.07) is 13.6. The molecule has 0 aliphatic carbocycles. The smallest absolute Gasteiger partial charge is 0.234 e. The van der Waals surface area contributed by atoms with E-state index in [1.807, 2.05) is 56.3 Å². The summed E-state index contributed by atoms with van der Waals surface area (Å²) in [4.78, 5) is 12.9. The number of nitrogen functional groups attached to an aromatic ring is 1. The predicted molar refractivity (Wildman–Crippen MR) is 86.1 cm³/mol. The van der Waals surface area contributed by atoms with E-state index in [0.29, 0.717) is 5.75 Å². The molecule has 0 saturated carbocycles. The van der Waals surface area contributed by atoms with Crippen molar-refractivity contribution in [2.45, 2.75) is 18.7 Å². The highest BCUT2D eigenvalue weighted by molar-refractivity contribution is 8.00. The highest BCUT2D eigenvalue weighted by Crippen LogP contribution is 2.22. The number of hydrogen-bond donors (Lipinski definition) is 2. The third-order valence-corrected chi connectivity index (χ3v) is 3.94. The van der Waals surface area contributed by atoms with E-state index in [9.17, 15) is 4.79 Å². The zero-order valence-electron chi connectivity index (χ0n) is 11.6. The Bertz CT molecular complexity index is 608. The van der Waals surface area contributed by atoms with Crippen molar-refractivity contribution in [2.24, 2.45) is 0 Å². The van der Waals surface area contributed by atoms with Gasteiger partial charge in [0.2, 0.25) is 5.91 Å². The fraction of sp³-hybridized carbons (Fsp3) is 0.188. The van der Waals surface area contributed by atoms with Crippen LogP contribution in [0.2, 0.25) is 0 Å². The highest BCUT2D eigenvalue weighted by atomic mass is 32.2. The van der Waals surface area contributed by atoms with Gasteiger partial charge in [0.05, 0.1) is 5.75 Å². The Labute approximate surface area is 123 Å². The van der Waals surface area contributed by atoms with Crippen LogP contribution >= 0.6 is 11.8 Å². The number of aryl methyl sites for hydroxylation is 2. The van der Waals surface area contributed by atoms with Crippen molar-refractivity contribution in [1.82, 2.24) is 0 Å². The van der Waals surface area contributed by atoms with Gasteiger partial charge in [-0.2, -0.15) is 0 Å². The lowest BCUT2D eigenvalue weighted by atomic mass is 10.2. The van der Waals surface area contributed by atoms with Crippen LogP contribution in [0.25, 0.3) is 0 Å². The molecule has 0 atom stereocenters. The van der Waals surface area contributed by atoms with E-state index in [1.54, 1.807) is 0 Å². The van der Waals surface area contributed by atoms with Gasteiger partial charge in [0.25, 0.3) is 0 Å². The molecule has 4 heteroatoms. The predicted octanol–water partition coefficient (Wildman–Crippen LogP) is 3.62. The van der Waals surface area contributed by atoms with Gasteiger partial charge < -0.3 is 11.1 Å². The Hall–Kier alpha value is -1.94. The summed E-state index contributed by atoms with van der Waals surface area (Å²) >= 11 is 1.51. The Kier molecular flexibility index (Phi) is 4.69. The average molecular weight is 286 g/mol. The van der Waals surface area contributed by atoms with Gasteiger partial charge in [0.15, 0.2) is 0 Å². The molecule has 3 nitrogen and oxygen atoms in total. The third-order valence-electron chi connectivity index (χ3n) is 2.95. The molecule has 104 valence electrons. The second kappa shape index (κ2) is 6.48. The number of carbonyl (C=O) groups is 1. The fourth-order valence-corrected chi connectivity index (χ4v) is 2.52. The number of benzene rings is 2. The number of thioether (sulfide) groups is 1. The van der Waals surface area contributed by atoms with Crippen molar-refractivity contribution in [3.05, 3.63) is 53.6 Å². The minimum absolute atomic E-state index is 0.00617. The molecule has 2 aromatic rings. The molecule has 0 aromatic heterocycles. The topological polar surface area (TPSA) is 55.1 Å². The molecule has 2 aromatic carbocycles. The largest absolute Gasteiger partial charge is 0.399 e. The Morgan fingerprint density at radius 3 is 2.50 bits per heavy atom. The van der Waals surface area contributed by atoms with E-state index in [2.05, 4.69) is 5.32 Å². The van der Waals surface area contributed by atoms with Gasteiger partial charge in [-0.15, -0.1) is 11.8 Å². The van der Waals surface area contributed by atoms with Crippen LogP contribution < -0.4 is 11.1 Å². The first-order valence-electron chi connectivity index (χ1n) is 6.40.